The summed E-state index contributed by atoms with van der Waals surface area (Å²) in [6.07, 6.45) is 0. The lowest BCUT2D eigenvalue weighted by Gasteiger charge is -2.33. The number of benzene rings is 1. The highest BCUT2D eigenvalue weighted by Crippen LogP contribution is 2.39. The Morgan fingerprint density at radius 1 is 1.67 bits per heavy atom. The zero-order valence-electron chi connectivity index (χ0n) is 11.5. The number of hydrazine groups is 1. The lowest BCUT2D eigenvalue weighted by molar-refractivity contribution is 0.201. The number of hydrazone groups is 1. The number of ether oxygens (including phenoxy) is 2. The maximum Gasteiger partial charge on any atom is 0.157 e. The Bertz CT molecular complexity index is 555. The minimum atomic E-state index is -0.667. The van der Waals surface area contributed by atoms with Crippen molar-refractivity contribution >= 4 is 23.1 Å². The smallest absolute Gasteiger partial charge is 0.157 e. The summed E-state index contributed by atoms with van der Waals surface area (Å²) < 4.78 is 25.0. The zero-order chi connectivity index (χ0) is 15.4. The molecule has 21 heavy (non-hydrogen) atoms. The summed E-state index contributed by atoms with van der Waals surface area (Å²) in [7, 11) is 1.60. The number of hydrogen-bond donors (Lipinski definition) is 3. The largest absolute Gasteiger partial charge is 0.489 e. The van der Waals surface area contributed by atoms with Crippen molar-refractivity contribution in [2.24, 2.45) is 16.7 Å². The van der Waals surface area contributed by atoms with Gasteiger partial charge in [0.25, 0.3) is 0 Å². The van der Waals surface area contributed by atoms with Gasteiger partial charge in [-0.25, -0.2) is 15.8 Å². The van der Waals surface area contributed by atoms with E-state index in [0.29, 0.717) is 37.7 Å². The second-order valence-corrected chi connectivity index (χ2v) is 4.76. The lowest BCUT2D eigenvalue weighted by Crippen LogP contribution is -2.38. The molecule has 0 atom stereocenters. The Balaban J connectivity index is 2.56. The number of hydrogen-bond acceptors (Lipinski definition) is 6. The summed E-state index contributed by atoms with van der Waals surface area (Å²) in [6, 6.07) is 1.43. The van der Waals surface area contributed by atoms with Crippen LogP contribution in [0.15, 0.2) is 11.2 Å². The van der Waals surface area contributed by atoms with Gasteiger partial charge >= 0.3 is 0 Å². The van der Waals surface area contributed by atoms with E-state index >= 15 is 0 Å². The lowest BCUT2D eigenvalue weighted by atomic mass is 10.1. The number of nitrogens with zero attached hydrogens (tertiary/aromatic N) is 2. The Labute approximate surface area is 126 Å². The summed E-state index contributed by atoms with van der Waals surface area (Å²) in [5, 5.41) is 3.54. The molecule has 0 saturated heterocycles. The minimum Gasteiger partial charge on any atom is -0.489 e. The van der Waals surface area contributed by atoms with Gasteiger partial charge in [0.1, 0.15) is 12.4 Å². The van der Waals surface area contributed by atoms with Gasteiger partial charge in [0, 0.05) is 19.7 Å². The fourth-order valence-corrected chi connectivity index (χ4v) is 2.37. The third-order valence-electron chi connectivity index (χ3n) is 3.10. The van der Waals surface area contributed by atoms with Crippen LogP contribution in [0.5, 0.6) is 5.75 Å². The Morgan fingerprint density at radius 3 is 3.10 bits per heavy atom. The number of rotatable bonds is 5. The Kier molecular flexibility index (Phi) is 5.05. The maximum atomic E-state index is 14.4. The molecule has 1 heterocycles. The predicted octanol–water partition coefficient (Wildman–Crippen LogP) is 0.408. The number of halogens is 2. The number of nitrogens with two attached hydrogens (primary N) is 2. The summed E-state index contributed by atoms with van der Waals surface area (Å²) in [6.45, 7) is 2.08. The van der Waals surface area contributed by atoms with Crippen molar-refractivity contribution in [3.63, 3.8) is 0 Å². The number of methoxy groups -OCH3 is 1. The third kappa shape index (κ3) is 3.12. The van der Waals surface area contributed by atoms with Crippen LogP contribution in [0, 0.1) is 5.82 Å². The fourth-order valence-electron chi connectivity index (χ4n) is 2.18. The highest BCUT2D eigenvalue weighted by atomic mass is 35.5. The first-order chi connectivity index (χ1) is 10.1. The monoisotopic (exact) mass is 317 g/mol. The molecule has 9 heteroatoms. The van der Waals surface area contributed by atoms with E-state index in [1.807, 2.05) is 10.4 Å². The topological polar surface area (TPSA) is 98.1 Å². The molecule has 0 aliphatic carbocycles. The van der Waals surface area contributed by atoms with Gasteiger partial charge in [0.05, 0.1) is 29.4 Å². The van der Waals surface area contributed by atoms with Crippen molar-refractivity contribution in [3.8, 4) is 5.75 Å². The van der Waals surface area contributed by atoms with Crippen LogP contribution in [0.3, 0.4) is 0 Å². The van der Waals surface area contributed by atoms with Gasteiger partial charge in [0.15, 0.2) is 11.7 Å². The van der Waals surface area contributed by atoms with Crippen molar-refractivity contribution in [2.45, 2.75) is 0 Å². The van der Waals surface area contributed by atoms with Crippen LogP contribution < -0.4 is 26.7 Å². The van der Waals surface area contributed by atoms with Crippen LogP contribution in [0.4, 0.5) is 10.1 Å². The molecule has 2 rings (SSSR count). The minimum absolute atomic E-state index is 0.0613. The molecular weight excluding hydrogens is 301 g/mol. The molecule has 1 aromatic carbocycles. The van der Waals surface area contributed by atoms with E-state index in [-0.39, 0.29) is 16.4 Å². The fraction of sp³-hybridized carbons (Fsp3) is 0.417. The van der Waals surface area contributed by atoms with E-state index in [1.165, 1.54) is 6.07 Å². The third-order valence-corrected chi connectivity index (χ3v) is 3.37. The number of nitrogens with one attached hydrogen (secondary N) is 1. The molecule has 0 saturated carbocycles. The van der Waals surface area contributed by atoms with Crippen molar-refractivity contribution < 1.29 is 13.9 Å². The highest BCUT2D eigenvalue weighted by molar-refractivity contribution is 6.31. The van der Waals surface area contributed by atoms with Gasteiger partial charge in [0.2, 0.25) is 0 Å². The Hall–Kier alpha value is -1.77. The van der Waals surface area contributed by atoms with Gasteiger partial charge in [-0.3, -0.25) is 0 Å². The molecule has 0 aromatic heterocycles. The molecule has 0 unspecified atom stereocenters. The summed E-state index contributed by atoms with van der Waals surface area (Å²) in [4.78, 5) is 1.91. The SMILES string of the molecule is COCCN1CCOc2cc(Cl)c(F)c(/C(N)=N/NN)c21. The van der Waals surface area contributed by atoms with Crippen LogP contribution >= 0.6 is 11.6 Å². The van der Waals surface area contributed by atoms with E-state index < -0.39 is 5.82 Å². The molecule has 7 nitrogen and oxygen atoms in total. The van der Waals surface area contributed by atoms with E-state index in [4.69, 9.17) is 32.7 Å². The molecule has 1 aliphatic rings. The normalized spacial score (nSPS) is 14.7. The van der Waals surface area contributed by atoms with E-state index in [0.717, 1.165) is 0 Å². The van der Waals surface area contributed by atoms with Crippen LogP contribution in [0.2, 0.25) is 5.02 Å². The maximum absolute atomic E-state index is 14.4. The van der Waals surface area contributed by atoms with Crippen LogP contribution in [0.25, 0.3) is 0 Å². The van der Waals surface area contributed by atoms with Crippen molar-refractivity contribution in [1.29, 1.82) is 0 Å². The molecule has 1 aliphatic heterocycles. The van der Waals surface area contributed by atoms with Gasteiger partial charge in [-0.2, -0.15) is 0 Å². The summed E-state index contributed by atoms with van der Waals surface area (Å²) in [5.74, 6) is 4.78. The van der Waals surface area contributed by atoms with Crippen LogP contribution in [0.1, 0.15) is 5.56 Å². The average molecular weight is 318 g/mol. The number of fused-ring (bicyclic) bond motifs is 1. The number of amidine groups is 1. The van der Waals surface area contributed by atoms with E-state index in [9.17, 15) is 4.39 Å². The standard InChI is InChI=1S/C12H17ClFN5O2/c1-20-4-2-19-3-5-21-8-6-7(13)10(14)9(11(8)19)12(15)17-18-16/h6,18H,2-5,16H2,1H3,(H2,15,17). The molecule has 0 bridgehead atoms. The zero-order valence-corrected chi connectivity index (χ0v) is 12.3. The molecule has 1 aromatic rings. The second kappa shape index (κ2) is 6.79. The van der Waals surface area contributed by atoms with Crippen LogP contribution in [-0.4, -0.2) is 39.2 Å². The molecule has 0 amide bonds. The van der Waals surface area contributed by atoms with E-state index in [2.05, 4.69) is 5.10 Å². The molecule has 0 radical (unpaired) electrons. The van der Waals surface area contributed by atoms with Gasteiger partial charge in [-0.15, -0.1) is 5.10 Å². The summed E-state index contributed by atoms with van der Waals surface area (Å²) in [5.41, 5.74) is 8.39. The average Bonchev–Trinajstić information content (AvgIpc) is 2.46. The van der Waals surface area contributed by atoms with Crippen molar-refractivity contribution in [1.82, 2.24) is 5.53 Å². The second-order valence-electron chi connectivity index (χ2n) is 4.35. The Morgan fingerprint density at radius 2 is 2.43 bits per heavy atom. The predicted molar refractivity (Wildman–Crippen MR) is 79.0 cm³/mol. The molecular formula is C12H17ClFN5O2. The van der Waals surface area contributed by atoms with E-state index in [1.54, 1.807) is 7.11 Å². The molecule has 0 spiro atoms. The first kappa shape index (κ1) is 15.6. The number of anilines is 1. The molecule has 116 valence electrons. The van der Waals surface area contributed by atoms with Gasteiger partial charge < -0.3 is 20.1 Å². The summed E-state index contributed by atoms with van der Waals surface area (Å²) >= 11 is 5.89. The van der Waals surface area contributed by atoms with Crippen molar-refractivity contribution in [3.05, 3.63) is 22.5 Å². The molecule has 5 N–H and O–H groups in total. The first-order valence-electron chi connectivity index (χ1n) is 6.28. The molecule has 0 fully saturated rings. The first-order valence-corrected chi connectivity index (χ1v) is 6.65. The van der Waals surface area contributed by atoms with Gasteiger partial charge in [-0.05, 0) is 0 Å². The highest BCUT2D eigenvalue weighted by Gasteiger charge is 2.28. The quantitative estimate of drug-likeness (QED) is 0.315. The van der Waals surface area contributed by atoms with Crippen molar-refractivity contribution in [2.75, 3.05) is 38.3 Å². The van der Waals surface area contributed by atoms with Gasteiger partial charge in [-0.1, -0.05) is 11.6 Å². The van der Waals surface area contributed by atoms with Crippen LogP contribution in [-0.2, 0) is 4.74 Å².